The smallest absolute Gasteiger partial charge is 0.329 e. The zero-order valence-electron chi connectivity index (χ0n) is 14.6. The van der Waals surface area contributed by atoms with Gasteiger partial charge in [0.1, 0.15) is 6.04 Å². The third kappa shape index (κ3) is 2.55. The Labute approximate surface area is 151 Å². The first-order valence-corrected chi connectivity index (χ1v) is 9.11. The first-order chi connectivity index (χ1) is 12.5. The highest BCUT2D eigenvalue weighted by atomic mass is 16.5. The van der Waals surface area contributed by atoms with Gasteiger partial charge in [-0.05, 0) is 38.0 Å². The van der Waals surface area contributed by atoms with Crippen LogP contribution in [-0.4, -0.2) is 41.1 Å². The SMILES string of the molecule is C[C@@H](C(=O)OCC(=O)c1ccccc1)N1C(=O)[C@@H]2[C@H]3CC[C@@H](C3)[C@@H]2C1=O. The van der Waals surface area contributed by atoms with E-state index in [9.17, 15) is 19.2 Å². The lowest BCUT2D eigenvalue weighted by Crippen LogP contribution is -2.45. The molecule has 1 heterocycles. The van der Waals surface area contributed by atoms with Gasteiger partial charge in [-0.15, -0.1) is 0 Å². The summed E-state index contributed by atoms with van der Waals surface area (Å²) in [6.45, 7) is 1.09. The number of amides is 2. The van der Waals surface area contributed by atoms with Gasteiger partial charge in [0.25, 0.3) is 0 Å². The molecule has 5 atom stereocenters. The van der Waals surface area contributed by atoms with E-state index in [0.717, 1.165) is 24.2 Å². The van der Waals surface area contributed by atoms with Gasteiger partial charge in [0.05, 0.1) is 11.8 Å². The highest BCUT2D eigenvalue weighted by Gasteiger charge is 2.62. The fraction of sp³-hybridized carbons (Fsp3) is 0.500. The maximum absolute atomic E-state index is 12.7. The number of ether oxygens (including phenoxy) is 1. The molecule has 3 fully saturated rings. The molecule has 0 aromatic heterocycles. The van der Waals surface area contributed by atoms with Crippen molar-refractivity contribution < 1.29 is 23.9 Å². The molecule has 1 aromatic carbocycles. The van der Waals surface area contributed by atoms with Gasteiger partial charge in [-0.1, -0.05) is 30.3 Å². The Bertz CT molecular complexity index is 746. The summed E-state index contributed by atoms with van der Waals surface area (Å²) in [5.41, 5.74) is 0.451. The van der Waals surface area contributed by atoms with Crippen molar-refractivity contribution in [1.29, 1.82) is 0 Å². The van der Waals surface area contributed by atoms with Crippen LogP contribution >= 0.6 is 0 Å². The summed E-state index contributed by atoms with van der Waals surface area (Å²) in [6, 6.07) is 7.54. The first-order valence-electron chi connectivity index (χ1n) is 9.11. The van der Waals surface area contributed by atoms with Gasteiger partial charge in [-0.25, -0.2) is 4.79 Å². The third-order valence-corrected chi connectivity index (χ3v) is 6.13. The number of ketones is 1. The molecule has 0 unspecified atom stereocenters. The number of nitrogens with zero attached hydrogens (tertiary/aromatic N) is 1. The molecule has 2 amide bonds. The number of carbonyl (C=O) groups excluding carboxylic acids is 4. The van der Waals surface area contributed by atoms with Crippen molar-refractivity contribution >= 4 is 23.6 Å². The standard InChI is InChI=1S/C20H21NO5/c1-11(20(25)26-10-15(22)12-5-3-2-4-6-12)21-18(23)16-13-7-8-14(9-13)17(16)19(21)24/h2-6,11,13-14,16-17H,7-10H2,1H3/t11-,13-,14-,16-,17+/m0/s1. The summed E-state index contributed by atoms with van der Waals surface area (Å²) in [5.74, 6) is -1.51. The Morgan fingerprint density at radius 1 is 1.08 bits per heavy atom. The van der Waals surface area contributed by atoms with Crippen molar-refractivity contribution in [2.45, 2.75) is 32.2 Å². The highest BCUT2D eigenvalue weighted by molar-refractivity contribution is 6.08. The topological polar surface area (TPSA) is 80.8 Å². The second-order valence-corrected chi connectivity index (χ2v) is 7.50. The Morgan fingerprint density at radius 3 is 2.23 bits per heavy atom. The van der Waals surface area contributed by atoms with Crippen LogP contribution in [0.15, 0.2) is 30.3 Å². The van der Waals surface area contributed by atoms with Gasteiger partial charge >= 0.3 is 5.97 Å². The lowest BCUT2D eigenvalue weighted by molar-refractivity contribution is -0.157. The molecule has 4 rings (SSSR count). The monoisotopic (exact) mass is 355 g/mol. The van der Waals surface area contributed by atoms with E-state index in [4.69, 9.17) is 4.74 Å². The van der Waals surface area contributed by atoms with Crippen molar-refractivity contribution in [1.82, 2.24) is 4.90 Å². The minimum absolute atomic E-state index is 0.244. The number of rotatable bonds is 5. The van der Waals surface area contributed by atoms with E-state index in [0.29, 0.717) is 5.56 Å². The predicted octanol–water partition coefficient (Wildman–Crippen LogP) is 1.83. The quantitative estimate of drug-likeness (QED) is 0.457. The minimum atomic E-state index is -0.997. The molecule has 2 bridgehead atoms. The van der Waals surface area contributed by atoms with Crippen molar-refractivity contribution in [3.05, 3.63) is 35.9 Å². The average molecular weight is 355 g/mol. The number of benzene rings is 1. The maximum Gasteiger partial charge on any atom is 0.329 e. The number of Topliss-reactive ketones (excluding diaryl/α,β-unsaturated/α-hetero) is 1. The number of hydrogen-bond donors (Lipinski definition) is 0. The summed E-state index contributed by atoms with van der Waals surface area (Å²) >= 11 is 0. The third-order valence-electron chi connectivity index (χ3n) is 6.13. The van der Waals surface area contributed by atoms with Gasteiger partial charge in [-0.3, -0.25) is 19.3 Å². The maximum atomic E-state index is 12.7. The van der Waals surface area contributed by atoms with E-state index in [2.05, 4.69) is 0 Å². The molecule has 6 nitrogen and oxygen atoms in total. The second kappa shape index (κ2) is 6.34. The van der Waals surface area contributed by atoms with Crippen LogP contribution in [0.5, 0.6) is 0 Å². The first kappa shape index (κ1) is 16.9. The predicted molar refractivity (Wildman–Crippen MR) is 90.9 cm³/mol. The Hall–Kier alpha value is -2.50. The summed E-state index contributed by atoms with van der Waals surface area (Å²) in [6.07, 6.45) is 2.93. The van der Waals surface area contributed by atoms with E-state index in [-0.39, 0.29) is 41.3 Å². The summed E-state index contributed by atoms with van der Waals surface area (Å²) in [5, 5.41) is 0. The normalized spacial score (nSPS) is 30.4. The number of imide groups is 1. The van der Waals surface area contributed by atoms with Crippen LogP contribution in [0.1, 0.15) is 36.5 Å². The van der Waals surface area contributed by atoms with Crippen LogP contribution in [0.2, 0.25) is 0 Å². The number of esters is 1. The fourth-order valence-electron chi connectivity index (χ4n) is 4.88. The van der Waals surface area contributed by atoms with Crippen molar-refractivity contribution in [3.8, 4) is 0 Å². The fourth-order valence-corrected chi connectivity index (χ4v) is 4.88. The molecule has 1 aromatic rings. The van der Waals surface area contributed by atoms with Crippen molar-refractivity contribution in [2.24, 2.45) is 23.7 Å². The van der Waals surface area contributed by atoms with Gasteiger partial charge in [-0.2, -0.15) is 0 Å². The van der Waals surface area contributed by atoms with Crippen molar-refractivity contribution in [3.63, 3.8) is 0 Å². The van der Waals surface area contributed by atoms with Crippen LogP contribution in [0.4, 0.5) is 0 Å². The molecule has 1 saturated heterocycles. The van der Waals surface area contributed by atoms with Crippen LogP contribution in [-0.2, 0) is 19.1 Å². The van der Waals surface area contributed by atoms with Gasteiger partial charge < -0.3 is 4.74 Å². The Balaban J connectivity index is 1.40. The highest BCUT2D eigenvalue weighted by Crippen LogP contribution is 2.56. The zero-order chi connectivity index (χ0) is 18.4. The summed E-state index contributed by atoms with van der Waals surface area (Å²) in [4.78, 5) is 50.9. The average Bonchev–Trinajstić information content (AvgIpc) is 3.33. The molecular formula is C20H21NO5. The number of hydrogen-bond acceptors (Lipinski definition) is 5. The molecule has 3 aliphatic rings. The van der Waals surface area contributed by atoms with Crippen LogP contribution in [0.25, 0.3) is 0 Å². The van der Waals surface area contributed by atoms with E-state index >= 15 is 0 Å². The summed E-state index contributed by atoms with van der Waals surface area (Å²) in [7, 11) is 0. The molecule has 0 N–H and O–H groups in total. The molecule has 2 aliphatic carbocycles. The molecule has 1 aliphatic heterocycles. The molecule has 0 radical (unpaired) electrons. The Morgan fingerprint density at radius 2 is 1.65 bits per heavy atom. The molecule has 0 spiro atoms. The minimum Gasteiger partial charge on any atom is -0.456 e. The van der Waals surface area contributed by atoms with E-state index < -0.39 is 18.6 Å². The number of likely N-dealkylation sites (tertiary alicyclic amines) is 1. The molecular weight excluding hydrogens is 334 g/mol. The van der Waals surface area contributed by atoms with Gasteiger partial charge in [0.2, 0.25) is 11.8 Å². The largest absolute Gasteiger partial charge is 0.456 e. The van der Waals surface area contributed by atoms with Gasteiger partial charge in [0, 0.05) is 5.56 Å². The molecule has 6 heteroatoms. The molecule has 136 valence electrons. The van der Waals surface area contributed by atoms with E-state index in [1.54, 1.807) is 30.3 Å². The van der Waals surface area contributed by atoms with E-state index in [1.807, 2.05) is 0 Å². The Kier molecular flexibility index (Phi) is 4.13. The van der Waals surface area contributed by atoms with Crippen LogP contribution in [0.3, 0.4) is 0 Å². The lowest BCUT2D eigenvalue weighted by atomic mass is 9.81. The number of fused-ring (bicyclic) bond motifs is 5. The van der Waals surface area contributed by atoms with Crippen LogP contribution < -0.4 is 0 Å². The van der Waals surface area contributed by atoms with Crippen LogP contribution in [0, 0.1) is 23.7 Å². The zero-order valence-corrected chi connectivity index (χ0v) is 14.6. The molecule has 2 saturated carbocycles. The van der Waals surface area contributed by atoms with Gasteiger partial charge in [0.15, 0.2) is 12.4 Å². The molecule has 26 heavy (non-hydrogen) atoms. The summed E-state index contributed by atoms with van der Waals surface area (Å²) < 4.78 is 5.09. The van der Waals surface area contributed by atoms with Crippen molar-refractivity contribution in [2.75, 3.05) is 6.61 Å². The van der Waals surface area contributed by atoms with E-state index in [1.165, 1.54) is 6.92 Å². The number of carbonyl (C=O) groups is 4. The second-order valence-electron chi connectivity index (χ2n) is 7.50. The lowest BCUT2D eigenvalue weighted by Gasteiger charge is -2.22.